The lowest BCUT2D eigenvalue weighted by Gasteiger charge is -2.09. The molecule has 0 aliphatic carbocycles. The van der Waals surface area contributed by atoms with Gasteiger partial charge in [0.2, 0.25) is 0 Å². The molecular weight excluding hydrogens is 192 g/mol. The number of carbonyl (C=O) groups is 1. The molecule has 5 heteroatoms. The Morgan fingerprint density at radius 1 is 1.47 bits per heavy atom. The molecule has 15 heavy (non-hydrogen) atoms. The smallest absolute Gasteiger partial charge is 0.272 e. The lowest BCUT2D eigenvalue weighted by Crippen LogP contribution is -2.27. The van der Waals surface area contributed by atoms with Gasteiger partial charge in [0.1, 0.15) is 11.5 Å². The molecule has 5 nitrogen and oxygen atoms in total. The van der Waals surface area contributed by atoms with Gasteiger partial charge in [-0.2, -0.15) is 0 Å². The van der Waals surface area contributed by atoms with Gasteiger partial charge < -0.3 is 10.6 Å². The van der Waals surface area contributed by atoms with Gasteiger partial charge in [-0.15, -0.1) is 0 Å². The zero-order valence-electron chi connectivity index (χ0n) is 7.97. The summed E-state index contributed by atoms with van der Waals surface area (Å²) >= 11 is 0. The van der Waals surface area contributed by atoms with E-state index in [4.69, 9.17) is 0 Å². The van der Waals surface area contributed by atoms with Crippen LogP contribution in [0.25, 0.3) is 0 Å². The lowest BCUT2D eigenvalue weighted by molar-refractivity contribution is -0.113. The van der Waals surface area contributed by atoms with Crippen molar-refractivity contribution in [2.75, 3.05) is 11.9 Å². The maximum atomic E-state index is 11.6. The maximum Gasteiger partial charge on any atom is 0.272 e. The van der Waals surface area contributed by atoms with Crippen LogP contribution in [0.5, 0.6) is 0 Å². The third-order valence-electron chi connectivity index (χ3n) is 1.86. The third kappa shape index (κ3) is 2.40. The van der Waals surface area contributed by atoms with Gasteiger partial charge in [0.05, 0.1) is 12.9 Å². The summed E-state index contributed by atoms with van der Waals surface area (Å²) in [6.07, 6.45) is 4.85. The van der Waals surface area contributed by atoms with Crippen molar-refractivity contribution in [3.05, 3.63) is 36.2 Å². The molecule has 0 saturated heterocycles. The molecule has 0 saturated carbocycles. The summed E-state index contributed by atoms with van der Waals surface area (Å²) in [5, 5.41) is 5.44. The Kier molecular flexibility index (Phi) is 2.73. The van der Waals surface area contributed by atoms with Crippen molar-refractivity contribution >= 4 is 18.1 Å². The minimum Gasteiger partial charge on any atom is -0.342 e. The number of hydrogen-bond donors (Lipinski definition) is 2. The van der Waals surface area contributed by atoms with Crippen LogP contribution in [-0.4, -0.2) is 23.8 Å². The van der Waals surface area contributed by atoms with E-state index < -0.39 is 0 Å². The van der Waals surface area contributed by atoms with Gasteiger partial charge in [0, 0.05) is 6.20 Å². The summed E-state index contributed by atoms with van der Waals surface area (Å²) in [6, 6.07) is 5.34. The fourth-order valence-corrected chi connectivity index (χ4v) is 1.15. The predicted molar refractivity (Wildman–Crippen MR) is 57.4 cm³/mol. The summed E-state index contributed by atoms with van der Waals surface area (Å²) in [5.74, 6) is 0.326. The number of nitrogens with zero attached hydrogens (tertiary/aromatic N) is 2. The number of rotatable bonds is 2. The topological polar surface area (TPSA) is 66.4 Å². The molecule has 1 aromatic rings. The first-order valence-corrected chi connectivity index (χ1v) is 4.53. The number of anilines is 1. The summed E-state index contributed by atoms with van der Waals surface area (Å²) in [5.41, 5.74) is 0.496. The van der Waals surface area contributed by atoms with E-state index in [1.54, 1.807) is 24.4 Å². The molecule has 2 N–H and O–H groups in total. The second-order valence-corrected chi connectivity index (χ2v) is 2.93. The molecule has 1 aliphatic heterocycles. The largest absolute Gasteiger partial charge is 0.342 e. The first kappa shape index (κ1) is 9.39. The molecule has 0 radical (unpaired) electrons. The number of nitrogens with one attached hydrogen (secondary N) is 2. The van der Waals surface area contributed by atoms with E-state index in [0.29, 0.717) is 18.1 Å². The first-order valence-electron chi connectivity index (χ1n) is 4.53. The molecule has 0 aromatic carbocycles. The predicted octanol–water partition coefficient (Wildman–Crippen LogP) is 0.535. The Bertz CT molecular complexity index is 411. The minimum absolute atomic E-state index is 0.208. The van der Waals surface area contributed by atoms with Gasteiger partial charge in [-0.25, -0.2) is 4.98 Å². The zero-order chi connectivity index (χ0) is 10.5. The average Bonchev–Trinajstić information content (AvgIpc) is 2.31. The van der Waals surface area contributed by atoms with Crippen molar-refractivity contribution in [1.82, 2.24) is 10.3 Å². The molecule has 0 spiro atoms. The third-order valence-corrected chi connectivity index (χ3v) is 1.86. The molecule has 0 unspecified atom stereocenters. The van der Waals surface area contributed by atoms with Crippen molar-refractivity contribution in [3.63, 3.8) is 0 Å². The molecular formula is C10H10N4O. The van der Waals surface area contributed by atoms with Crippen LogP contribution in [0.15, 0.2) is 41.2 Å². The van der Waals surface area contributed by atoms with Crippen molar-refractivity contribution in [3.8, 4) is 0 Å². The number of pyridine rings is 1. The molecule has 0 bridgehead atoms. The van der Waals surface area contributed by atoms with Gasteiger partial charge in [-0.1, -0.05) is 6.07 Å². The van der Waals surface area contributed by atoms with Gasteiger partial charge in [0.15, 0.2) is 0 Å². The monoisotopic (exact) mass is 202 g/mol. The van der Waals surface area contributed by atoms with Crippen LogP contribution in [-0.2, 0) is 4.79 Å². The van der Waals surface area contributed by atoms with Crippen LogP contribution in [0, 0.1) is 0 Å². The van der Waals surface area contributed by atoms with E-state index in [1.807, 2.05) is 6.07 Å². The standard InChI is InChI=1S/C10H10N4O/c15-10(8-4-6-11-7-13-8)14-9-3-1-2-5-12-9/h1-5,7H,6H2,(H,11,13)(H,12,14,15). The fraction of sp³-hybridized carbons (Fsp3) is 0.100. The Morgan fingerprint density at radius 3 is 3.07 bits per heavy atom. The molecule has 76 valence electrons. The quantitative estimate of drug-likeness (QED) is 0.735. The molecule has 0 atom stereocenters. The second-order valence-electron chi connectivity index (χ2n) is 2.93. The summed E-state index contributed by atoms with van der Waals surface area (Å²) in [6.45, 7) is 0.526. The van der Waals surface area contributed by atoms with Gasteiger partial charge in [-0.3, -0.25) is 9.79 Å². The van der Waals surface area contributed by atoms with Gasteiger partial charge >= 0.3 is 0 Å². The molecule has 2 rings (SSSR count). The number of aromatic nitrogens is 1. The fourth-order valence-electron chi connectivity index (χ4n) is 1.15. The highest BCUT2D eigenvalue weighted by molar-refractivity contribution is 6.04. The van der Waals surface area contributed by atoms with E-state index in [0.717, 1.165) is 0 Å². The summed E-state index contributed by atoms with van der Waals surface area (Å²) < 4.78 is 0. The van der Waals surface area contributed by atoms with E-state index in [9.17, 15) is 4.79 Å². The van der Waals surface area contributed by atoms with Crippen LogP contribution < -0.4 is 10.6 Å². The average molecular weight is 202 g/mol. The van der Waals surface area contributed by atoms with Crippen molar-refractivity contribution in [2.24, 2.45) is 4.99 Å². The Morgan fingerprint density at radius 2 is 2.40 bits per heavy atom. The molecule has 0 fully saturated rings. The Balaban J connectivity index is 2.01. The highest BCUT2D eigenvalue weighted by atomic mass is 16.2. The molecule has 1 aromatic heterocycles. The minimum atomic E-state index is -0.208. The van der Waals surface area contributed by atoms with Crippen LogP contribution in [0.2, 0.25) is 0 Å². The lowest BCUT2D eigenvalue weighted by atomic mass is 10.3. The maximum absolute atomic E-state index is 11.6. The number of hydrogen-bond acceptors (Lipinski definition) is 4. The van der Waals surface area contributed by atoms with Crippen molar-refractivity contribution < 1.29 is 4.79 Å². The second kappa shape index (κ2) is 4.36. The number of carbonyl (C=O) groups excluding carboxylic acids is 1. The Hall–Kier alpha value is -2.17. The van der Waals surface area contributed by atoms with E-state index in [-0.39, 0.29) is 5.91 Å². The van der Waals surface area contributed by atoms with Crippen LogP contribution in [0.1, 0.15) is 0 Å². The van der Waals surface area contributed by atoms with Crippen LogP contribution in [0.4, 0.5) is 5.82 Å². The van der Waals surface area contributed by atoms with Gasteiger partial charge in [0.25, 0.3) is 5.91 Å². The molecule has 2 heterocycles. The highest BCUT2D eigenvalue weighted by Gasteiger charge is 2.09. The number of amides is 1. The SMILES string of the molecule is O=C(Nc1ccccn1)C1=CCN=CN1. The Labute approximate surface area is 86.9 Å². The van der Waals surface area contributed by atoms with Crippen molar-refractivity contribution in [1.29, 1.82) is 0 Å². The normalized spacial score (nSPS) is 14.0. The molecule has 1 aliphatic rings. The van der Waals surface area contributed by atoms with Crippen LogP contribution in [0.3, 0.4) is 0 Å². The van der Waals surface area contributed by atoms with E-state index in [1.165, 1.54) is 6.34 Å². The van der Waals surface area contributed by atoms with E-state index >= 15 is 0 Å². The summed E-state index contributed by atoms with van der Waals surface area (Å²) in [4.78, 5) is 19.5. The highest BCUT2D eigenvalue weighted by Crippen LogP contribution is 2.03. The zero-order valence-corrected chi connectivity index (χ0v) is 7.97. The van der Waals surface area contributed by atoms with Crippen molar-refractivity contribution in [2.45, 2.75) is 0 Å². The number of aliphatic imine (C=N–C) groups is 1. The van der Waals surface area contributed by atoms with Crippen LogP contribution >= 0.6 is 0 Å². The van der Waals surface area contributed by atoms with Gasteiger partial charge in [-0.05, 0) is 18.2 Å². The van der Waals surface area contributed by atoms with E-state index in [2.05, 4.69) is 20.6 Å². The molecule has 1 amide bonds. The first-order chi connectivity index (χ1) is 7.36. The summed E-state index contributed by atoms with van der Waals surface area (Å²) in [7, 11) is 0.